The van der Waals surface area contributed by atoms with E-state index in [2.05, 4.69) is 55.6 Å². The van der Waals surface area contributed by atoms with Crippen LogP contribution in [-0.4, -0.2) is 47.4 Å². The highest BCUT2D eigenvalue weighted by atomic mass is 16.5. The maximum absolute atomic E-state index is 12.6. The van der Waals surface area contributed by atoms with E-state index in [4.69, 9.17) is 4.74 Å². The average Bonchev–Trinajstić information content (AvgIpc) is 3.52. The van der Waals surface area contributed by atoms with Gasteiger partial charge in [0.1, 0.15) is 0 Å². The Hall–Kier alpha value is -2.18. The van der Waals surface area contributed by atoms with Crippen molar-refractivity contribution in [1.82, 2.24) is 5.32 Å². The van der Waals surface area contributed by atoms with Gasteiger partial charge in [-0.25, -0.2) is 0 Å². The Morgan fingerprint density at radius 1 is 0.322 bits per heavy atom. The Morgan fingerprint density at radius 3 is 0.920 bits per heavy atom. The molecule has 0 aromatic carbocycles. The Bertz CT molecular complexity index is 1450. The first-order valence-corrected chi connectivity index (χ1v) is 39.4. The molecule has 512 valence electrons. The molecule has 6 heteroatoms. The highest BCUT2D eigenvalue weighted by Gasteiger charge is 2.18. The number of unbranched alkanes of at least 4 members (excludes halogenated alkanes) is 57. The molecule has 0 aromatic rings. The van der Waals surface area contributed by atoms with Gasteiger partial charge in [-0.15, -0.1) is 0 Å². The number of ether oxygens (including phenoxy) is 1. The van der Waals surface area contributed by atoms with Gasteiger partial charge in [0.05, 0.1) is 25.4 Å². The van der Waals surface area contributed by atoms with Crippen LogP contribution in [0.25, 0.3) is 0 Å². The Labute approximate surface area is 544 Å². The number of aliphatic hydroxyl groups excluding tert-OH is 2. The molecule has 87 heavy (non-hydrogen) atoms. The molecule has 0 rings (SSSR count). The van der Waals surface area contributed by atoms with E-state index in [1.54, 1.807) is 6.08 Å². The monoisotopic (exact) mass is 1220 g/mol. The zero-order chi connectivity index (χ0) is 62.8. The largest absolute Gasteiger partial charge is 0.466 e. The molecule has 0 bridgehead atoms. The summed E-state index contributed by atoms with van der Waals surface area (Å²) in [7, 11) is 0. The van der Waals surface area contributed by atoms with Crippen LogP contribution in [0.4, 0.5) is 0 Å². The molecule has 0 fully saturated rings. The Morgan fingerprint density at radius 2 is 0.586 bits per heavy atom. The molecule has 2 unspecified atom stereocenters. The summed E-state index contributed by atoms with van der Waals surface area (Å²) in [4.78, 5) is 24.6. The lowest BCUT2D eigenvalue weighted by Gasteiger charge is -2.20. The molecule has 0 saturated carbocycles. The third-order valence-electron chi connectivity index (χ3n) is 18.3. The first-order chi connectivity index (χ1) is 43.0. The topological polar surface area (TPSA) is 95.9 Å². The number of carbonyl (C=O) groups excluding carboxylic acids is 2. The molecule has 6 nitrogen and oxygen atoms in total. The highest BCUT2D eigenvalue weighted by molar-refractivity contribution is 5.76. The van der Waals surface area contributed by atoms with E-state index in [-0.39, 0.29) is 18.5 Å². The van der Waals surface area contributed by atoms with Crippen molar-refractivity contribution >= 4 is 11.9 Å². The van der Waals surface area contributed by atoms with E-state index in [1.807, 2.05) is 6.08 Å². The average molecular weight is 1220 g/mol. The Balaban J connectivity index is 3.39. The summed E-state index contributed by atoms with van der Waals surface area (Å²) in [6.07, 6.45) is 101. The van der Waals surface area contributed by atoms with Crippen molar-refractivity contribution in [1.29, 1.82) is 0 Å². The van der Waals surface area contributed by atoms with Crippen molar-refractivity contribution in [3.05, 3.63) is 48.6 Å². The summed E-state index contributed by atoms with van der Waals surface area (Å²) < 4.78 is 5.48. The lowest BCUT2D eigenvalue weighted by atomic mass is 10.0. The second kappa shape index (κ2) is 76.3. The third-order valence-corrected chi connectivity index (χ3v) is 18.3. The summed E-state index contributed by atoms with van der Waals surface area (Å²) in [5, 5.41) is 23.3. The van der Waals surface area contributed by atoms with Crippen LogP contribution in [0.1, 0.15) is 431 Å². The van der Waals surface area contributed by atoms with Gasteiger partial charge in [-0.2, -0.15) is 0 Å². The minimum Gasteiger partial charge on any atom is -0.466 e. The Kier molecular flexibility index (Phi) is 74.4. The van der Waals surface area contributed by atoms with Crippen molar-refractivity contribution in [2.75, 3.05) is 13.2 Å². The molecule has 0 aliphatic rings. The molecule has 1 amide bonds. The van der Waals surface area contributed by atoms with Crippen LogP contribution in [0.15, 0.2) is 48.6 Å². The van der Waals surface area contributed by atoms with Crippen molar-refractivity contribution in [3.63, 3.8) is 0 Å². The summed E-state index contributed by atoms with van der Waals surface area (Å²) in [5.41, 5.74) is 0. The molecule has 0 aliphatic heterocycles. The van der Waals surface area contributed by atoms with Gasteiger partial charge < -0.3 is 20.3 Å². The molecular formula is C81H153NO5. The zero-order valence-electron chi connectivity index (χ0n) is 58.8. The third kappa shape index (κ3) is 72.8. The summed E-state index contributed by atoms with van der Waals surface area (Å²) in [6.45, 7) is 4.90. The number of hydrogen-bond donors (Lipinski definition) is 3. The lowest BCUT2D eigenvalue weighted by Crippen LogP contribution is -2.45. The van der Waals surface area contributed by atoms with Crippen molar-refractivity contribution in [2.45, 2.75) is 443 Å². The molecule has 0 aliphatic carbocycles. The van der Waals surface area contributed by atoms with Gasteiger partial charge in [0, 0.05) is 12.8 Å². The second-order valence-electron chi connectivity index (χ2n) is 27.0. The highest BCUT2D eigenvalue weighted by Crippen LogP contribution is 2.19. The van der Waals surface area contributed by atoms with Crippen molar-refractivity contribution < 1.29 is 24.5 Å². The standard InChI is InChI=1S/C81H153NO5/c1-3-5-7-9-11-13-15-17-19-20-21-22-23-34-37-40-43-46-49-53-57-61-65-69-73-79(84)78(77-83)82-80(85)74-70-66-62-58-54-50-47-44-41-38-35-32-30-28-26-24-25-27-29-31-33-36-39-42-45-48-52-56-60-64-68-72-76-87-81(86)75-71-67-63-59-55-51-18-16-14-12-10-8-6-4-2/h10,12,16,18,27,29,69,73,78-79,83-84H,3-9,11,13-15,17,19-26,28,30-68,70-72,74-77H2,1-2H3,(H,82,85)/b12-10-,18-16-,29-27-,73-69+. The number of carbonyl (C=O) groups is 2. The first-order valence-electron chi connectivity index (χ1n) is 39.4. The predicted molar refractivity (Wildman–Crippen MR) is 384 cm³/mol. The van der Waals surface area contributed by atoms with Crippen LogP contribution in [0.2, 0.25) is 0 Å². The van der Waals surface area contributed by atoms with Gasteiger partial charge in [0.15, 0.2) is 0 Å². The minimum absolute atomic E-state index is 0.00364. The van der Waals surface area contributed by atoms with E-state index in [0.717, 1.165) is 51.4 Å². The van der Waals surface area contributed by atoms with Gasteiger partial charge in [0.2, 0.25) is 5.91 Å². The van der Waals surface area contributed by atoms with E-state index < -0.39 is 12.1 Å². The molecular weight excluding hydrogens is 1070 g/mol. The number of esters is 1. The van der Waals surface area contributed by atoms with E-state index >= 15 is 0 Å². The number of allylic oxidation sites excluding steroid dienone is 7. The van der Waals surface area contributed by atoms with Crippen LogP contribution in [0, 0.1) is 0 Å². The summed E-state index contributed by atoms with van der Waals surface area (Å²) in [5.74, 6) is -0.0572. The molecule has 0 aromatic heterocycles. The molecule has 0 heterocycles. The van der Waals surface area contributed by atoms with E-state index in [0.29, 0.717) is 19.4 Å². The number of nitrogens with one attached hydrogen (secondary N) is 1. The summed E-state index contributed by atoms with van der Waals surface area (Å²) >= 11 is 0. The van der Waals surface area contributed by atoms with Gasteiger partial charge in [-0.1, -0.05) is 383 Å². The van der Waals surface area contributed by atoms with Crippen LogP contribution in [0.3, 0.4) is 0 Å². The molecule has 0 radical (unpaired) electrons. The van der Waals surface area contributed by atoms with Gasteiger partial charge >= 0.3 is 5.97 Å². The van der Waals surface area contributed by atoms with Crippen LogP contribution >= 0.6 is 0 Å². The maximum Gasteiger partial charge on any atom is 0.305 e. The van der Waals surface area contributed by atoms with E-state index in [9.17, 15) is 19.8 Å². The fraction of sp³-hybridized carbons (Fsp3) is 0.877. The quantitative estimate of drug-likeness (QED) is 0.0320. The predicted octanol–water partition coefficient (Wildman–Crippen LogP) is 26.0. The maximum atomic E-state index is 12.6. The number of rotatable bonds is 74. The number of hydrogen-bond acceptors (Lipinski definition) is 5. The molecule has 3 N–H and O–H groups in total. The fourth-order valence-corrected chi connectivity index (χ4v) is 12.3. The number of aliphatic hydroxyl groups is 2. The van der Waals surface area contributed by atoms with Gasteiger partial charge in [-0.3, -0.25) is 9.59 Å². The minimum atomic E-state index is -0.845. The summed E-state index contributed by atoms with van der Waals surface area (Å²) in [6, 6.07) is -0.628. The van der Waals surface area contributed by atoms with Crippen molar-refractivity contribution in [2.24, 2.45) is 0 Å². The fourth-order valence-electron chi connectivity index (χ4n) is 12.3. The van der Waals surface area contributed by atoms with E-state index in [1.165, 1.54) is 353 Å². The van der Waals surface area contributed by atoms with Crippen LogP contribution in [-0.2, 0) is 14.3 Å². The second-order valence-corrected chi connectivity index (χ2v) is 27.0. The molecule has 2 atom stereocenters. The molecule has 0 spiro atoms. The lowest BCUT2D eigenvalue weighted by molar-refractivity contribution is -0.143. The van der Waals surface area contributed by atoms with Gasteiger partial charge in [0.25, 0.3) is 0 Å². The molecule has 0 saturated heterocycles. The van der Waals surface area contributed by atoms with Crippen molar-refractivity contribution in [3.8, 4) is 0 Å². The smallest absolute Gasteiger partial charge is 0.305 e. The SMILES string of the molecule is CCCC/C=C\C/C=C\CCCCCCCC(=O)OCCCCCCCCCCCCCC/C=C\CCCCCCCCCCCCCCCCCCC(=O)NC(CO)C(O)/C=C/CCCCCCCCCCCCCCCCCCCCCCCC. The number of amides is 1. The van der Waals surface area contributed by atoms with Crippen LogP contribution in [0.5, 0.6) is 0 Å². The van der Waals surface area contributed by atoms with Gasteiger partial charge in [-0.05, 0) is 83.5 Å². The first kappa shape index (κ1) is 84.8. The zero-order valence-corrected chi connectivity index (χ0v) is 58.8. The van der Waals surface area contributed by atoms with Crippen LogP contribution < -0.4 is 5.32 Å². The normalized spacial score (nSPS) is 12.7.